The fourth-order valence-electron chi connectivity index (χ4n) is 3.63. The number of fused-ring (bicyclic) bond motifs is 1. The molecule has 0 saturated heterocycles. The summed E-state index contributed by atoms with van der Waals surface area (Å²) in [5.41, 5.74) is 1.76. The SMILES string of the molecule is CCOc1ccc(Oc2cc(CNC(=O)CNC(=O)Cc3cccc4ccccc34)ccn2)cc1. The van der Waals surface area contributed by atoms with E-state index in [-0.39, 0.29) is 24.8 Å². The largest absolute Gasteiger partial charge is 0.494 e. The molecule has 1 heterocycles. The van der Waals surface area contributed by atoms with E-state index in [9.17, 15) is 9.59 Å². The Hall–Kier alpha value is -4.39. The highest BCUT2D eigenvalue weighted by Gasteiger charge is 2.09. The van der Waals surface area contributed by atoms with Crippen molar-refractivity contribution in [3.8, 4) is 17.4 Å². The van der Waals surface area contributed by atoms with E-state index in [0.29, 0.717) is 24.8 Å². The van der Waals surface area contributed by atoms with Crippen molar-refractivity contribution in [3.63, 3.8) is 0 Å². The van der Waals surface area contributed by atoms with Gasteiger partial charge >= 0.3 is 0 Å². The molecule has 0 aliphatic rings. The van der Waals surface area contributed by atoms with Crippen molar-refractivity contribution in [1.29, 1.82) is 0 Å². The van der Waals surface area contributed by atoms with E-state index in [2.05, 4.69) is 15.6 Å². The number of amides is 2. The number of benzene rings is 3. The van der Waals surface area contributed by atoms with Crippen molar-refractivity contribution < 1.29 is 19.1 Å². The van der Waals surface area contributed by atoms with Gasteiger partial charge in [0.05, 0.1) is 19.6 Å². The van der Waals surface area contributed by atoms with Gasteiger partial charge in [-0.25, -0.2) is 4.98 Å². The summed E-state index contributed by atoms with van der Waals surface area (Å²) in [6, 6.07) is 24.6. The summed E-state index contributed by atoms with van der Waals surface area (Å²) in [4.78, 5) is 28.9. The van der Waals surface area contributed by atoms with Crippen molar-refractivity contribution in [2.75, 3.05) is 13.2 Å². The maximum atomic E-state index is 12.4. The van der Waals surface area contributed by atoms with Gasteiger partial charge in [0.15, 0.2) is 0 Å². The van der Waals surface area contributed by atoms with Crippen LogP contribution in [0.3, 0.4) is 0 Å². The smallest absolute Gasteiger partial charge is 0.239 e. The number of nitrogens with zero attached hydrogens (tertiary/aromatic N) is 1. The first-order valence-corrected chi connectivity index (χ1v) is 11.5. The highest BCUT2D eigenvalue weighted by molar-refractivity contribution is 5.91. The van der Waals surface area contributed by atoms with E-state index >= 15 is 0 Å². The summed E-state index contributed by atoms with van der Waals surface area (Å²) in [5, 5.41) is 7.62. The van der Waals surface area contributed by atoms with E-state index < -0.39 is 0 Å². The zero-order chi connectivity index (χ0) is 24.5. The Kier molecular flexibility index (Phi) is 7.91. The molecule has 0 saturated carbocycles. The molecule has 0 aliphatic heterocycles. The molecule has 35 heavy (non-hydrogen) atoms. The van der Waals surface area contributed by atoms with Gasteiger partial charge in [0.1, 0.15) is 11.5 Å². The summed E-state index contributed by atoms with van der Waals surface area (Å²) in [6.07, 6.45) is 1.84. The lowest BCUT2D eigenvalue weighted by Crippen LogP contribution is -2.37. The van der Waals surface area contributed by atoms with Crippen LogP contribution in [0, 0.1) is 0 Å². The summed E-state index contributed by atoms with van der Waals surface area (Å²) in [7, 11) is 0. The van der Waals surface area contributed by atoms with E-state index in [1.165, 1.54) is 0 Å². The average Bonchev–Trinajstić information content (AvgIpc) is 2.88. The molecule has 0 atom stereocenters. The van der Waals surface area contributed by atoms with Crippen LogP contribution in [0.5, 0.6) is 17.4 Å². The van der Waals surface area contributed by atoms with Crippen LogP contribution in [0.1, 0.15) is 18.1 Å². The number of rotatable bonds is 10. The third-order valence-corrected chi connectivity index (χ3v) is 5.32. The molecule has 7 nitrogen and oxygen atoms in total. The molecule has 0 bridgehead atoms. The third-order valence-electron chi connectivity index (χ3n) is 5.32. The number of carbonyl (C=O) groups excluding carboxylic acids is 2. The Balaban J connectivity index is 1.24. The number of carbonyl (C=O) groups is 2. The lowest BCUT2D eigenvalue weighted by Gasteiger charge is -2.10. The lowest BCUT2D eigenvalue weighted by atomic mass is 10.0. The minimum absolute atomic E-state index is 0.0930. The molecule has 0 aliphatic carbocycles. The van der Waals surface area contributed by atoms with Crippen LogP contribution in [0.4, 0.5) is 0 Å². The molecule has 2 N–H and O–H groups in total. The van der Waals surface area contributed by atoms with Crippen molar-refractivity contribution >= 4 is 22.6 Å². The van der Waals surface area contributed by atoms with Crippen molar-refractivity contribution in [3.05, 3.63) is 96.2 Å². The first-order chi connectivity index (χ1) is 17.1. The average molecular weight is 470 g/mol. The van der Waals surface area contributed by atoms with Gasteiger partial charge in [0.2, 0.25) is 17.7 Å². The molecule has 4 aromatic rings. The van der Waals surface area contributed by atoms with Crippen molar-refractivity contribution in [1.82, 2.24) is 15.6 Å². The molecule has 178 valence electrons. The van der Waals surface area contributed by atoms with Crippen LogP contribution in [-0.4, -0.2) is 29.9 Å². The summed E-state index contributed by atoms with van der Waals surface area (Å²) in [6.45, 7) is 2.73. The second-order valence-corrected chi connectivity index (χ2v) is 7.88. The van der Waals surface area contributed by atoms with E-state index in [1.54, 1.807) is 18.3 Å². The van der Waals surface area contributed by atoms with Gasteiger partial charge in [0, 0.05) is 18.8 Å². The van der Waals surface area contributed by atoms with Crippen molar-refractivity contribution in [2.45, 2.75) is 19.9 Å². The van der Waals surface area contributed by atoms with Gasteiger partial charge in [-0.2, -0.15) is 0 Å². The molecular formula is C28H27N3O4. The predicted molar refractivity (Wildman–Crippen MR) is 134 cm³/mol. The van der Waals surface area contributed by atoms with Crippen LogP contribution < -0.4 is 20.1 Å². The zero-order valence-electron chi connectivity index (χ0n) is 19.5. The van der Waals surface area contributed by atoms with Gasteiger partial charge < -0.3 is 20.1 Å². The number of pyridine rings is 1. The van der Waals surface area contributed by atoms with Gasteiger partial charge in [-0.3, -0.25) is 9.59 Å². The first-order valence-electron chi connectivity index (χ1n) is 11.5. The molecule has 0 fully saturated rings. The van der Waals surface area contributed by atoms with Crippen LogP contribution in [0.15, 0.2) is 85.1 Å². The maximum Gasteiger partial charge on any atom is 0.239 e. The van der Waals surface area contributed by atoms with Gasteiger partial charge in [0.25, 0.3) is 0 Å². The molecule has 0 spiro atoms. The standard InChI is InChI=1S/C28H27N3O4/c1-2-34-23-10-12-24(13-11-23)35-28-16-20(14-15-29-28)18-30-27(33)19-31-26(32)17-22-8-5-7-21-6-3-4-9-25(21)22/h3-16H,2,17-19H2,1H3,(H,30,33)(H,31,32). The van der Waals surface area contributed by atoms with Gasteiger partial charge in [-0.1, -0.05) is 42.5 Å². The molecule has 0 unspecified atom stereocenters. The number of nitrogens with one attached hydrogen (secondary N) is 2. The van der Waals surface area contributed by atoms with Crippen LogP contribution >= 0.6 is 0 Å². The molecule has 1 aromatic heterocycles. The second-order valence-electron chi connectivity index (χ2n) is 7.88. The maximum absolute atomic E-state index is 12.4. The predicted octanol–water partition coefficient (Wildman–Crippen LogP) is 4.40. The topological polar surface area (TPSA) is 89.5 Å². The molecular weight excluding hydrogens is 442 g/mol. The monoisotopic (exact) mass is 469 g/mol. The van der Waals surface area contributed by atoms with Crippen LogP contribution in [0.25, 0.3) is 10.8 Å². The molecule has 4 rings (SSSR count). The van der Waals surface area contributed by atoms with Crippen molar-refractivity contribution in [2.24, 2.45) is 0 Å². The van der Waals surface area contributed by atoms with E-state index in [0.717, 1.165) is 27.6 Å². The lowest BCUT2D eigenvalue weighted by molar-refractivity contribution is -0.125. The number of aromatic nitrogens is 1. The quantitative estimate of drug-likeness (QED) is 0.359. The second kappa shape index (κ2) is 11.7. The molecule has 2 amide bonds. The minimum atomic E-state index is -0.276. The highest BCUT2D eigenvalue weighted by atomic mass is 16.5. The first kappa shape index (κ1) is 23.8. The highest BCUT2D eigenvalue weighted by Crippen LogP contribution is 2.23. The Morgan fingerprint density at radius 1 is 0.857 bits per heavy atom. The zero-order valence-corrected chi connectivity index (χ0v) is 19.5. The Morgan fingerprint density at radius 3 is 2.46 bits per heavy atom. The Bertz CT molecular complexity index is 1300. The van der Waals surface area contributed by atoms with E-state index in [4.69, 9.17) is 9.47 Å². The Labute approximate surface area is 204 Å². The molecule has 7 heteroatoms. The van der Waals surface area contributed by atoms with Crippen LogP contribution in [0.2, 0.25) is 0 Å². The number of hydrogen-bond acceptors (Lipinski definition) is 5. The van der Waals surface area contributed by atoms with Gasteiger partial charge in [-0.05, 0) is 59.2 Å². The molecule has 0 radical (unpaired) electrons. The normalized spacial score (nSPS) is 10.5. The summed E-state index contributed by atoms with van der Waals surface area (Å²) in [5.74, 6) is 1.35. The summed E-state index contributed by atoms with van der Waals surface area (Å²) < 4.78 is 11.2. The molecule has 3 aromatic carbocycles. The van der Waals surface area contributed by atoms with E-state index in [1.807, 2.05) is 73.7 Å². The fourth-order valence-corrected chi connectivity index (χ4v) is 3.63. The summed E-state index contributed by atoms with van der Waals surface area (Å²) >= 11 is 0. The van der Waals surface area contributed by atoms with Crippen LogP contribution in [-0.2, 0) is 22.6 Å². The third kappa shape index (κ3) is 6.80. The fraction of sp³-hybridized carbons (Fsp3) is 0.179. The number of hydrogen-bond donors (Lipinski definition) is 2. The minimum Gasteiger partial charge on any atom is -0.494 e. The Morgan fingerprint density at radius 2 is 1.63 bits per heavy atom. The number of ether oxygens (including phenoxy) is 2. The van der Waals surface area contributed by atoms with Gasteiger partial charge in [-0.15, -0.1) is 0 Å².